The van der Waals surface area contributed by atoms with Crippen molar-refractivity contribution in [1.29, 1.82) is 0 Å². The number of aliphatic hydroxyl groups is 1. The van der Waals surface area contributed by atoms with E-state index in [1.165, 1.54) is 11.1 Å². The van der Waals surface area contributed by atoms with Crippen LogP contribution in [0.15, 0.2) is 24.3 Å². The van der Waals surface area contributed by atoms with Gasteiger partial charge in [-0.15, -0.1) is 0 Å². The number of rotatable bonds is 4. The molecule has 0 unspecified atom stereocenters. The predicted molar refractivity (Wildman–Crippen MR) is 96.3 cm³/mol. The number of carbonyl (C=O) groups excluding carboxylic acids is 1. The molecule has 0 bridgehead atoms. The Hall–Kier alpha value is -1.39. The van der Waals surface area contributed by atoms with E-state index in [0.29, 0.717) is 18.4 Å². The van der Waals surface area contributed by atoms with Crippen LogP contribution in [0, 0.1) is 18.3 Å². The van der Waals surface area contributed by atoms with E-state index in [1.54, 1.807) is 0 Å². The van der Waals surface area contributed by atoms with Gasteiger partial charge in [-0.05, 0) is 50.2 Å². The van der Waals surface area contributed by atoms with Crippen LogP contribution in [0.25, 0.3) is 0 Å². The first-order valence-electron chi connectivity index (χ1n) is 9.71. The minimum absolute atomic E-state index is 0.105. The number of benzene rings is 1. The molecule has 136 valence electrons. The van der Waals surface area contributed by atoms with Crippen LogP contribution in [-0.2, 0) is 9.53 Å². The van der Waals surface area contributed by atoms with Gasteiger partial charge in [-0.3, -0.25) is 4.79 Å². The predicted octanol–water partition coefficient (Wildman–Crippen LogP) is 2.88. The number of piperidine rings is 1. The summed E-state index contributed by atoms with van der Waals surface area (Å²) < 4.78 is 5.82. The lowest BCUT2D eigenvalue weighted by atomic mass is 9.58. The standard InChI is InChI=1S/C21H29NO3/c1-3-25-19-13-18(23)21(19)8-10-22(11-9-21)20(24)17-12-16(17)15-7-5-4-6-14(15)2/h4-7,16-19,23H,3,8-13H2,1-2H3/t16-,17+,18+,19-/m1/s1. The van der Waals surface area contributed by atoms with Gasteiger partial charge in [0.2, 0.25) is 5.91 Å². The third-order valence-corrected chi connectivity index (χ3v) is 6.81. The molecule has 2 saturated carbocycles. The highest BCUT2D eigenvalue weighted by molar-refractivity contribution is 5.83. The molecule has 1 amide bonds. The maximum atomic E-state index is 12.9. The summed E-state index contributed by atoms with van der Waals surface area (Å²) >= 11 is 0. The van der Waals surface area contributed by atoms with Crippen LogP contribution in [0.3, 0.4) is 0 Å². The SMILES string of the molecule is CCO[C@@H]1C[C@H](O)C12CCN(C(=O)[C@H]1C[C@@H]1c1ccccc1C)CC2. The van der Waals surface area contributed by atoms with E-state index in [2.05, 4.69) is 31.2 Å². The zero-order valence-corrected chi connectivity index (χ0v) is 15.3. The number of carbonyl (C=O) groups is 1. The van der Waals surface area contributed by atoms with Crippen LogP contribution in [0.1, 0.15) is 49.7 Å². The summed E-state index contributed by atoms with van der Waals surface area (Å²) in [4.78, 5) is 14.9. The lowest BCUT2D eigenvalue weighted by Gasteiger charge is -2.56. The van der Waals surface area contributed by atoms with Gasteiger partial charge in [0, 0.05) is 37.5 Å². The van der Waals surface area contributed by atoms with Crippen molar-refractivity contribution in [3.8, 4) is 0 Å². The second-order valence-electron chi connectivity index (χ2n) is 8.06. The first-order valence-corrected chi connectivity index (χ1v) is 9.71. The van der Waals surface area contributed by atoms with Crippen molar-refractivity contribution in [2.45, 2.75) is 57.7 Å². The lowest BCUT2D eigenvalue weighted by Crippen LogP contribution is -2.62. The topological polar surface area (TPSA) is 49.8 Å². The van der Waals surface area contributed by atoms with Gasteiger partial charge in [-0.2, -0.15) is 0 Å². The van der Waals surface area contributed by atoms with Gasteiger partial charge in [0.1, 0.15) is 0 Å². The highest BCUT2D eigenvalue weighted by atomic mass is 16.5. The average molecular weight is 343 g/mol. The van der Waals surface area contributed by atoms with Crippen LogP contribution < -0.4 is 0 Å². The molecule has 1 spiro atoms. The fourth-order valence-corrected chi connectivity index (χ4v) is 5.01. The molecule has 1 aromatic carbocycles. The van der Waals surface area contributed by atoms with Crippen LogP contribution in [0.2, 0.25) is 0 Å². The molecular weight excluding hydrogens is 314 g/mol. The number of likely N-dealkylation sites (tertiary alicyclic amines) is 1. The smallest absolute Gasteiger partial charge is 0.226 e. The van der Waals surface area contributed by atoms with E-state index in [0.717, 1.165) is 38.8 Å². The van der Waals surface area contributed by atoms with Crippen LogP contribution in [0.5, 0.6) is 0 Å². The zero-order chi connectivity index (χ0) is 17.6. The molecule has 4 heteroatoms. The van der Waals surface area contributed by atoms with Crippen molar-refractivity contribution < 1.29 is 14.6 Å². The Bertz CT molecular complexity index is 648. The minimum atomic E-state index is -0.262. The van der Waals surface area contributed by atoms with Gasteiger partial charge in [0.25, 0.3) is 0 Å². The highest BCUT2D eigenvalue weighted by Crippen LogP contribution is 2.53. The third-order valence-electron chi connectivity index (χ3n) is 6.81. The van der Waals surface area contributed by atoms with Gasteiger partial charge in [0.05, 0.1) is 12.2 Å². The first kappa shape index (κ1) is 17.0. The molecule has 3 aliphatic rings. The van der Waals surface area contributed by atoms with Gasteiger partial charge < -0.3 is 14.7 Å². The van der Waals surface area contributed by atoms with Gasteiger partial charge in [0.15, 0.2) is 0 Å². The number of hydrogen-bond donors (Lipinski definition) is 1. The third kappa shape index (κ3) is 2.80. The molecule has 1 saturated heterocycles. The summed E-state index contributed by atoms with van der Waals surface area (Å²) in [7, 11) is 0. The Balaban J connectivity index is 1.36. The Labute approximate surface area is 150 Å². The van der Waals surface area contributed by atoms with Crippen molar-refractivity contribution in [3.05, 3.63) is 35.4 Å². The van der Waals surface area contributed by atoms with Crippen molar-refractivity contribution in [3.63, 3.8) is 0 Å². The Kier molecular flexibility index (Phi) is 4.37. The van der Waals surface area contributed by atoms with E-state index >= 15 is 0 Å². The quantitative estimate of drug-likeness (QED) is 0.914. The second-order valence-corrected chi connectivity index (χ2v) is 8.06. The summed E-state index contributed by atoms with van der Waals surface area (Å²) in [5.74, 6) is 0.865. The summed E-state index contributed by atoms with van der Waals surface area (Å²) in [5, 5.41) is 10.3. The van der Waals surface area contributed by atoms with Crippen molar-refractivity contribution in [1.82, 2.24) is 4.90 Å². The normalized spacial score (nSPS) is 33.2. The maximum Gasteiger partial charge on any atom is 0.226 e. The first-order chi connectivity index (χ1) is 12.1. The minimum Gasteiger partial charge on any atom is -0.392 e. The van der Waals surface area contributed by atoms with Crippen LogP contribution in [-0.4, -0.2) is 47.8 Å². The number of hydrogen-bond acceptors (Lipinski definition) is 3. The fourth-order valence-electron chi connectivity index (χ4n) is 5.01. The van der Waals surface area contributed by atoms with Gasteiger partial charge in [-0.25, -0.2) is 0 Å². The van der Waals surface area contributed by atoms with Crippen molar-refractivity contribution in [2.24, 2.45) is 11.3 Å². The van der Waals surface area contributed by atoms with E-state index in [4.69, 9.17) is 4.74 Å². The van der Waals surface area contributed by atoms with E-state index in [1.807, 2.05) is 11.8 Å². The Morgan fingerprint density at radius 3 is 2.64 bits per heavy atom. The monoisotopic (exact) mass is 343 g/mol. The summed E-state index contributed by atoms with van der Waals surface area (Å²) in [5.41, 5.74) is 2.52. The molecule has 1 heterocycles. The number of nitrogens with zero attached hydrogens (tertiary/aromatic N) is 1. The van der Waals surface area contributed by atoms with E-state index in [9.17, 15) is 9.90 Å². The molecule has 1 aliphatic heterocycles. The second kappa shape index (κ2) is 6.40. The number of aryl methyl sites for hydroxylation is 1. The largest absolute Gasteiger partial charge is 0.392 e. The summed E-state index contributed by atoms with van der Waals surface area (Å²) in [6.45, 7) is 6.36. The molecule has 4 atom stereocenters. The molecule has 2 aliphatic carbocycles. The Morgan fingerprint density at radius 2 is 2.00 bits per heavy atom. The van der Waals surface area contributed by atoms with Crippen molar-refractivity contribution >= 4 is 5.91 Å². The van der Waals surface area contributed by atoms with Gasteiger partial charge in [-0.1, -0.05) is 24.3 Å². The number of ether oxygens (including phenoxy) is 1. The molecule has 0 radical (unpaired) electrons. The van der Waals surface area contributed by atoms with Crippen LogP contribution in [0.4, 0.5) is 0 Å². The summed E-state index contributed by atoms with van der Waals surface area (Å²) in [6, 6.07) is 8.42. The number of aliphatic hydroxyl groups excluding tert-OH is 1. The molecule has 4 rings (SSSR count). The van der Waals surface area contributed by atoms with Crippen molar-refractivity contribution in [2.75, 3.05) is 19.7 Å². The highest BCUT2D eigenvalue weighted by Gasteiger charge is 2.57. The molecule has 3 fully saturated rings. The molecule has 1 aromatic rings. The average Bonchev–Trinajstić information content (AvgIpc) is 3.42. The van der Waals surface area contributed by atoms with Gasteiger partial charge >= 0.3 is 0 Å². The lowest BCUT2D eigenvalue weighted by molar-refractivity contribution is -0.210. The summed E-state index contributed by atoms with van der Waals surface area (Å²) in [6.07, 6.45) is 3.38. The van der Waals surface area contributed by atoms with Crippen LogP contribution >= 0.6 is 0 Å². The fraction of sp³-hybridized carbons (Fsp3) is 0.667. The Morgan fingerprint density at radius 1 is 1.28 bits per heavy atom. The molecule has 4 nitrogen and oxygen atoms in total. The maximum absolute atomic E-state index is 12.9. The number of amides is 1. The van der Waals surface area contributed by atoms with E-state index < -0.39 is 0 Å². The van der Waals surface area contributed by atoms with E-state index in [-0.39, 0.29) is 23.5 Å². The molecule has 0 aromatic heterocycles. The molecule has 1 N–H and O–H groups in total. The zero-order valence-electron chi connectivity index (χ0n) is 15.3. The molecule has 25 heavy (non-hydrogen) atoms. The molecular formula is C21H29NO3.